The van der Waals surface area contributed by atoms with Crippen LogP contribution in [0.2, 0.25) is 0 Å². The van der Waals surface area contributed by atoms with Crippen LogP contribution in [0.3, 0.4) is 0 Å². The number of nitrogens with one attached hydrogen (secondary N) is 1. The number of aliphatic hydroxyl groups excluding tert-OH is 2. The quantitative estimate of drug-likeness (QED) is 0.211. The maximum atomic E-state index is 12.5. The van der Waals surface area contributed by atoms with E-state index in [0.717, 1.165) is 27.8 Å². The molecule has 3 N–H and O–H groups in total. The molecule has 1 aliphatic heterocycles. The van der Waals surface area contributed by atoms with Crippen LogP contribution < -0.4 is 5.32 Å². The van der Waals surface area contributed by atoms with Crippen molar-refractivity contribution >= 4 is 5.91 Å². The minimum Gasteiger partial charge on any atom is -0.392 e. The van der Waals surface area contributed by atoms with E-state index in [1.165, 1.54) is 0 Å². The highest BCUT2D eigenvalue weighted by Crippen LogP contribution is 2.38. The van der Waals surface area contributed by atoms with Crippen molar-refractivity contribution in [3.8, 4) is 0 Å². The largest absolute Gasteiger partial charge is 0.392 e. The molecule has 4 aromatic rings. The molecule has 0 aromatic heterocycles. The van der Waals surface area contributed by atoms with Gasteiger partial charge in [-0.1, -0.05) is 97.1 Å². The van der Waals surface area contributed by atoms with Gasteiger partial charge < -0.3 is 25.0 Å². The number of hydrogen-bond acceptors (Lipinski definition) is 6. The van der Waals surface area contributed by atoms with Crippen molar-refractivity contribution in [3.05, 3.63) is 143 Å². The molecule has 5 rings (SSSR count). The monoisotopic (exact) mass is 580 g/mol. The summed E-state index contributed by atoms with van der Waals surface area (Å²) in [5, 5.41) is 23.5. The van der Waals surface area contributed by atoms with Gasteiger partial charge in [-0.2, -0.15) is 0 Å². The first-order chi connectivity index (χ1) is 20.9. The van der Waals surface area contributed by atoms with Gasteiger partial charge >= 0.3 is 0 Å². The maximum absolute atomic E-state index is 12.5. The highest BCUT2D eigenvalue weighted by atomic mass is 16.7. The van der Waals surface area contributed by atoms with Crippen LogP contribution in [0.15, 0.2) is 109 Å². The third-order valence-corrected chi connectivity index (χ3v) is 8.14. The minimum absolute atomic E-state index is 0.00919. The van der Waals surface area contributed by atoms with E-state index in [1.54, 1.807) is 12.1 Å². The Morgan fingerprint density at radius 3 is 2.12 bits per heavy atom. The molecular formula is C36H40N2O5. The molecule has 0 bridgehead atoms. The predicted octanol–water partition coefficient (Wildman–Crippen LogP) is 5.71. The molecule has 7 nitrogen and oxygen atoms in total. The van der Waals surface area contributed by atoms with E-state index >= 15 is 0 Å². The van der Waals surface area contributed by atoms with Gasteiger partial charge in [0.15, 0.2) is 6.29 Å². The molecule has 1 saturated heterocycles. The van der Waals surface area contributed by atoms with Crippen molar-refractivity contribution in [1.29, 1.82) is 0 Å². The van der Waals surface area contributed by atoms with E-state index in [2.05, 4.69) is 10.2 Å². The first-order valence-corrected chi connectivity index (χ1v) is 14.8. The van der Waals surface area contributed by atoms with Gasteiger partial charge in [0.2, 0.25) is 0 Å². The van der Waals surface area contributed by atoms with Crippen molar-refractivity contribution in [3.63, 3.8) is 0 Å². The Balaban J connectivity index is 1.28. The number of carbonyl (C=O) groups is 1. The number of likely N-dealkylation sites (N-methyl/N-ethyl adjacent to an activating group) is 1. The second-order valence-electron chi connectivity index (χ2n) is 11.2. The van der Waals surface area contributed by atoms with Crippen LogP contribution in [0.5, 0.6) is 0 Å². The molecule has 1 amide bonds. The van der Waals surface area contributed by atoms with Gasteiger partial charge in [0.25, 0.3) is 5.91 Å². The molecule has 5 atom stereocenters. The fraction of sp³-hybridized carbons (Fsp3) is 0.306. The highest BCUT2D eigenvalue weighted by molar-refractivity contribution is 5.94. The van der Waals surface area contributed by atoms with Crippen LogP contribution in [0, 0.1) is 0 Å². The van der Waals surface area contributed by atoms with Crippen molar-refractivity contribution in [2.75, 3.05) is 13.6 Å². The summed E-state index contributed by atoms with van der Waals surface area (Å²) in [5.74, 6) is -0.114. The number of benzene rings is 4. The summed E-state index contributed by atoms with van der Waals surface area (Å²) in [4.78, 5) is 14.6. The molecule has 4 aromatic carbocycles. The average Bonchev–Trinajstić information content (AvgIpc) is 3.07. The van der Waals surface area contributed by atoms with Crippen LogP contribution in [0.4, 0.5) is 0 Å². The number of aliphatic hydroxyl groups is 2. The van der Waals surface area contributed by atoms with E-state index < -0.39 is 12.4 Å². The predicted molar refractivity (Wildman–Crippen MR) is 166 cm³/mol. The Labute approximate surface area is 253 Å². The number of hydrogen-bond donors (Lipinski definition) is 3. The van der Waals surface area contributed by atoms with Gasteiger partial charge in [0.1, 0.15) is 0 Å². The molecule has 0 aliphatic carbocycles. The number of amides is 1. The number of carbonyl (C=O) groups excluding carboxylic acids is 1. The van der Waals surface area contributed by atoms with Gasteiger partial charge in [-0.3, -0.25) is 9.69 Å². The first-order valence-electron chi connectivity index (χ1n) is 14.8. The Morgan fingerprint density at radius 2 is 1.47 bits per heavy atom. The van der Waals surface area contributed by atoms with Gasteiger partial charge in [-0.25, -0.2) is 0 Å². The van der Waals surface area contributed by atoms with E-state index in [1.807, 2.05) is 111 Å². The summed E-state index contributed by atoms with van der Waals surface area (Å²) in [5.41, 5.74) is 5.25. The summed E-state index contributed by atoms with van der Waals surface area (Å²) >= 11 is 0. The zero-order chi connectivity index (χ0) is 30.2. The topological polar surface area (TPSA) is 91.3 Å². The molecular weight excluding hydrogens is 540 g/mol. The first kappa shape index (κ1) is 30.6. The van der Waals surface area contributed by atoms with Gasteiger partial charge in [-0.05, 0) is 48.4 Å². The second kappa shape index (κ2) is 14.6. The SMILES string of the molecule is C[C@@H]([C@H](O)c1ccccc1)N(C)C[C@@H]1C[C@H](c2ccc(CO)cc2)O[C@H](c2ccc(CNC(=O)c3ccccc3)cc2)O1. The Hall–Kier alpha value is -3.85. The summed E-state index contributed by atoms with van der Waals surface area (Å²) in [7, 11) is 2.01. The zero-order valence-electron chi connectivity index (χ0n) is 24.7. The van der Waals surface area contributed by atoms with Crippen LogP contribution in [-0.4, -0.2) is 46.8 Å². The molecule has 1 fully saturated rings. The molecule has 0 saturated carbocycles. The summed E-state index contributed by atoms with van der Waals surface area (Å²) in [6.07, 6.45) is -0.918. The zero-order valence-corrected chi connectivity index (χ0v) is 24.7. The Kier molecular flexibility index (Phi) is 10.4. The molecule has 1 heterocycles. The summed E-state index contributed by atoms with van der Waals surface area (Å²) in [6.45, 7) is 3.04. The number of ether oxygens (including phenoxy) is 2. The fourth-order valence-electron chi connectivity index (χ4n) is 5.36. The number of nitrogens with zero attached hydrogens (tertiary/aromatic N) is 1. The second-order valence-corrected chi connectivity index (χ2v) is 11.2. The number of rotatable bonds is 11. The van der Waals surface area contributed by atoms with Crippen molar-refractivity contribution in [1.82, 2.24) is 10.2 Å². The Bertz CT molecular complexity index is 1430. The van der Waals surface area contributed by atoms with Crippen LogP contribution in [-0.2, 0) is 22.6 Å². The highest BCUT2D eigenvalue weighted by Gasteiger charge is 2.34. The lowest BCUT2D eigenvalue weighted by Crippen LogP contribution is -2.43. The lowest BCUT2D eigenvalue weighted by atomic mass is 9.98. The van der Waals surface area contributed by atoms with Gasteiger partial charge in [0.05, 0.1) is 24.9 Å². The standard InChI is InChI=1S/C36H40N2O5/c1-25(34(40)29-9-5-3-6-10-29)38(2)23-32-21-33(28-17-15-27(24-39)16-18-28)43-36(42-32)31-19-13-26(14-20-31)22-37-35(41)30-11-7-4-8-12-30/h3-20,25,32-34,36,39-40H,21-24H2,1-2H3,(H,37,41)/t25-,32-,33+,34-,36+/m0/s1. The molecule has 224 valence electrons. The van der Waals surface area contributed by atoms with Crippen LogP contribution in [0.1, 0.15) is 70.0 Å². The molecule has 0 unspecified atom stereocenters. The lowest BCUT2D eigenvalue weighted by molar-refractivity contribution is -0.253. The third-order valence-electron chi connectivity index (χ3n) is 8.14. The van der Waals surface area contributed by atoms with Crippen molar-refractivity contribution in [2.45, 2.75) is 57.1 Å². The maximum Gasteiger partial charge on any atom is 0.251 e. The molecule has 43 heavy (non-hydrogen) atoms. The summed E-state index contributed by atoms with van der Waals surface area (Å²) < 4.78 is 13.0. The minimum atomic E-state index is -0.626. The van der Waals surface area contributed by atoms with Crippen molar-refractivity contribution < 1.29 is 24.5 Å². The molecule has 1 aliphatic rings. The normalized spacial score (nSPS) is 20.0. The van der Waals surface area contributed by atoms with E-state index in [4.69, 9.17) is 9.47 Å². The molecule has 0 radical (unpaired) electrons. The lowest BCUT2D eigenvalue weighted by Gasteiger charge is -2.39. The molecule has 0 spiro atoms. The van der Waals surface area contributed by atoms with E-state index in [9.17, 15) is 15.0 Å². The van der Waals surface area contributed by atoms with Gasteiger partial charge in [-0.15, -0.1) is 0 Å². The van der Waals surface area contributed by atoms with Crippen LogP contribution in [0.25, 0.3) is 0 Å². The van der Waals surface area contributed by atoms with E-state index in [-0.39, 0.29) is 30.8 Å². The van der Waals surface area contributed by atoms with Gasteiger partial charge in [0, 0.05) is 36.7 Å². The Morgan fingerprint density at radius 1 is 0.860 bits per heavy atom. The molecule has 7 heteroatoms. The van der Waals surface area contributed by atoms with Crippen LogP contribution >= 0.6 is 0 Å². The summed E-state index contributed by atoms with van der Waals surface area (Å²) in [6, 6.07) is 34.5. The fourth-order valence-corrected chi connectivity index (χ4v) is 5.36. The van der Waals surface area contributed by atoms with Crippen molar-refractivity contribution in [2.24, 2.45) is 0 Å². The van der Waals surface area contributed by atoms with E-state index in [0.29, 0.717) is 25.1 Å². The third kappa shape index (κ3) is 7.96. The average molecular weight is 581 g/mol. The smallest absolute Gasteiger partial charge is 0.251 e.